The normalized spacial score (nSPS) is 10.4. The van der Waals surface area contributed by atoms with Crippen molar-refractivity contribution in [3.05, 3.63) is 59.2 Å². The van der Waals surface area contributed by atoms with Gasteiger partial charge in [-0.1, -0.05) is 6.07 Å². The Morgan fingerprint density at radius 3 is 2.00 bits per heavy atom. The summed E-state index contributed by atoms with van der Waals surface area (Å²) in [6.07, 6.45) is 0. The lowest BCUT2D eigenvalue weighted by atomic mass is 10.1. The number of benzene rings is 2. The van der Waals surface area contributed by atoms with Gasteiger partial charge in [-0.25, -0.2) is 0 Å². The van der Waals surface area contributed by atoms with Gasteiger partial charge in [0.2, 0.25) is 0 Å². The lowest BCUT2D eigenvalue weighted by Crippen LogP contribution is -2.21. The number of hydrogen-bond donors (Lipinski definition) is 1. The molecule has 0 saturated carbocycles. The average molecular weight is 296 g/mol. The molecule has 0 heterocycles. The van der Waals surface area contributed by atoms with Gasteiger partial charge in [0.15, 0.2) is 0 Å². The third-order valence-corrected chi connectivity index (χ3v) is 3.74. The van der Waals surface area contributed by atoms with E-state index in [1.807, 2.05) is 50.2 Å². The Morgan fingerprint density at radius 2 is 1.50 bits per heavy atom. The molecule has 3 heteroatoms. The summed E-state index contributed by atoms with van der Waals surface area (Å²) >= 11 is 0. The zero-order chi connectivity index (χ0) is 16.1. The van der Waals surface area contributed by atoms with Crippen LogP contribution in [-0.4, -0.2) is 19.0 Å². The van der Waals surface area contributed by atoms with Gasteiger partial charge in [-0.3, -0.25) is 4.79 Å². The van der Waals surface area contributed by atoms with Crippen LogP contribution in [0.3, 0.4) is 0 Å². The second kappa shape index (κ2) is 7.12. The topological polar surface area (TPSA) is 32.3 Å². The molecular weight excluding hydrogens is 272 g/mol. The quantitative estimate of drug-likeness (QED) is 0.887. The van der Waals surface area contributed by atoms with Gasteiger partial charge < -0.3 is 10.2 Å². The molecule has 0 fully saturated rings. The molecule has 2 aromatic carbocycles. The van der Waals surface area contributed by atoms with Crippen molar-refractivity contribution in [2.24, 2.45) is 0 Å². The maximum absolute atomic E-state index is 12.3. The summed E-state index contributed by atoms with van der Waals surface area (Å²) < 4.78 is 0. The van der Waals surface area contributed by atoms with Gasteiger partial charge >= 0.3 is 0 Å². The van der Waals surface area contributed by atoms with Gasteiger partial charge in [-0.15, -0.1) is 0 Å². The molecule has 0 aromatic heterocycles. The molecule has 3 nitrogen and oxygen atoms in total. The number of nitrogens with one attached hydrogen (secondary N) is 1. The Balaban J connectivity index is 2.12. The van der Waals surface area contributed by atoms with Crippen LogP contribution in [-0.2, 0) is 0 Å². The van der Waals surface area contributed by atoms with Crippen molar-refractivity contribution in [1.82, 2.24) is 0 Å². The molecule has 0 saturated heterocycles. The minimum Gasteiger partial charge on any atom is -0.372 e. The van der Waals surface area contributed by atoms with E-state index in [-0.39, 0.29) is 5.91 Å². The lowest BCUT2D eigenvalue weighted by Gasteiger charge is -2.21. The first kappa shape index (κ1) is 16.1. The Labute approximate surface area is 133 Å². The summed E-state index contributed by atoms with van der Waals surface area (Å²) in [6, 6.07) is 13.8. The fourth-order valence-corrected chi connectivity index (χ4v) is 2.66. The number of rotatable bonds is 5. The van der Waals surface area contributed by atoms with Crippen LogP contribution < -0.4 is 10.2 Å². The van der Waals surface area contributed by atoms with E-state index in [0.29, 0.717) is 5.56 Å². The highest BCUT2D eigenvalue weighted by Gasteiger charge is 2.08. The highest BCUT2D eigenvalue weighted by molar-refractivity contribution is 6.04. The monoisotopic (exact) mass is 296 g/mol. The van der Waals surface area contributed by atoms with Crippen LogP contribution in [0.5, 0.6) is 0 Å². The van der Waals surface area contributed by atoms with Gasteiger partial charge in [0.1, 0.15) is 0 Å². The smallest absolute Gasteiger partial charge is 0.255 e. The lowest BCUT2D eigenvalue weighted by molar-refractivity contribution is 0.102. The highest BCUT2D eigenvalue weighted by atomic mass is 16.1. The van der Waals surface area contributed by atoms with Gasteiger partial charge in [-0.05, 0) is 75.2 Å². The van der Waals surface area contributed by atoms with Gasteiger partial charge in [0.25, 0.3) is 5.91 Å². The van der Waals surface area contributed by atoms with E-state index >= 15 is 0 Å². The number of aryl methyl sites for hydroxylation is 2. The zero-order valence-corrected chi connectivity index (χ0v) is 13.8. The van der Waals surface area contributed by atoms with Crippen molar-refractivity contribution in [2.45, 2.75) is 27.7 Å². The predicted octanol–water partition coefficient (Wildman–Crippen LogP) is 4.40. The first-order valence-corrected chi connectivity index (χ1v) is 7.78. The minimum absolute atomic E-state index is 0.0731. The number of hydrogen-bond acceptors (Lipinski definition) is 2. The van der Waals surface area contributed by atoms with Crippen molar-refractivity contribution in [1.29, 1.82) is 0 Å². The van der Waals surface area contributed by atoms with E-state index in [0.717, 1.165) is 35.6 Å². The van der Waals surface area contributed by atoms with Crippen LogP contribution >= 0.6 is 0 Å². The second-order valence-electron chi connectivity index (χ2n) is 5.55. The molecule has 0 unspecified atom stereocenters. The van der Waals surface area contributed by atoms with Crippen LogP contribution in [0.4, 0.5) is 11.4 Å². The number of nitrogens with zero attached hydrogens (tertiary/aromatic N) is 1. The molecule has 1 amide bonds. The van der Waals surface area contributed by atoms with E-state index in [1.54, 1.807) is 0 Å². The predicted molar refractivity (Wildman–Crippen MR) is 93.9 cm³/mol. The highest BCUT2D eigenvalue weighted by Crippen LogP contribution is 2.18. The zero-order valence-electron chi connectivity index (χ0n) is 13.8. The SMILES string of the molecule is CCN(CC)c1ccc(C(=O)Nc2cc(C)cc(C)c2)cc1. The first-order chi connectivity index (χ1) is 10.5. The molecule has 0 atom stereocenters. The first-order valence-electron chi connectivity index (χ1n) is 7.78. The molecule has 1 N–H and O–H groups in total. The Bertz CT molecular complexity index is 623. The van der Waals surface area contributed by atoms with E-state index in [1.165, 1.54) is 0 Å². The molecule has 0 bridgehead atoms. The standard InChI is InChI=1S/C19H24N2O/c1-5-21(6-2)18-9-7-16(8-10-18)19(22)20-17-12-14(3)11-15(4)13-17/h7-13H,5-6H2,1-4H3,(H,20,22). The van der Waals surface area contributed by atoms with Crippen molar-refractivity contribution in [2.75, 3.05) is 23.3 Å². The van der Waals surface area contributed by atoms with Crippen molar-refractivity contribution < 1.29 is 4.79 Å². The summed E-state index contributed by atoms with van der Waals surface area (Å²) in [7, 11) is 0. The van der Waals surface area contributed by atoms with E-state index in [2.05, 4.69) is 30.1 Å². The average Bonchev–Trinajstić information content (AvgIpc) is 2.48. The molecule has 0 aliphatic rings. The summed E-state index contributed by atoms with van der Waals surface area (Å²) in [4.78, 5) is 14.6. The van der Waals surface area contributed by atoms with Gasteiger partial charge in [0, 0.05) is 30.0 Å². The third-order valence-electron chi connectivity index (χ3n) is 3.74. The maximum atomic E-state index is 12.3. The summed E-state index contributed by atoms with van der Waals surface area (Å²) in [6.45, 7) is 10.2. The Hall–Kier alpha value is -2.29. The Kier molecular flexibility index (Phi) is 5.21. The third kappa shape index (κ3) is 3.88. The van der Waals surface area contributed by atoms with Crippen molar-refractivity contribution in [3.63, 3.8) is 0 Å². The number of carbonyl (C=O) groups is 1. The molecule has 2 aromatic rings. The van der Waals surface area contributed by atoms with E-state index in [9.17, 15) is 4.79 Å². The van der Waals surface area contributed by atoms with Crippen molar-refractivity contribution >= 4 is 17.3 Å². The summed E-state index contributed by atoms with van der Waals surface area (Å²) in [5.74, 6) is -0.0731. The molecule has 0 radical (unpaired) electrons. The molecule has 22 heavy (non-hydrogen) atoms. The van der Waals surface area contributed by atoms with E-state index in [4.69, 9.17) is 0 Å². The van der Waals surface area contributed by atoms with Crippen LogP contribution in [0.1, 0.15) is 35.3 Å². The van der Waals surface area contributed by atoms with Crippen LogP contribution in [0.15, 0.2) is 42.5 Å². The Morgan fingerprint density at radius 1 is 0.955 bits per heavy atom. The maximum Gasteiger partial charge on any atom is 0.255 e. The minimum atomic E-state index is -0.0731. The van der Waals surface area contributed by atoms with E-state index < -0.39 is 0 Å². The number of anilines is 2. The van der Waals surface area contributed by atoms with Gasteiger partial charge in [-0.2, -0.15) is 0 Å². The summed E-state index contributed by atoms with van der Waals surface area (Å²) in [5, 5.41) is 2.96. The second-order valence-corrected chi connectivity index (χ2v) is 5.55. The fraction of sp³-hybridized carbons (Fsp3) is 0.316. The summed E-state index contributed by atoms with van der Waals surface area (Å²) in [5.41, 5.74) is 4.96. The largest absolute Gasteiger partial charge is 0.372 e. The molecule has 116 valence electrons. The molecule has 0 aliphatic heterocycles. The van der Waals surface area contributed by atoms with Crippen molar-refractivity contribution in [3.8, 4) is 0 Å². The molecule has 0 aliphatic carbocycles. The van der Waals surface area contributed by atoms with Crippen LogP contribution in [0.2, 0.25) is 0 Å². The number of amides is 1. The van der Waals surface area contributed by atoms with Gasteiger partial charge in [0.05, 0.1) is 0 Å². The number of carbonyl (C=O) groups excluding carboxylic acids is 1. The molecule has 0 spiro atoms. The molecule has 2 rings (SSSR count). The fourth-order valence-electron chi connectivity index (χ4n) is 2.66. The molecular formula is C19H24N2O. The van der Waals surface area contributed by atoms with Crippen LogP contribution in [0, 0.1) is 13.8 Å². The van der Waals surface area contributed by atoms with Crippen LogP contribution in [0.25, 0.3) is 0 Å².